The van der Waals surface area contributed by atoms with Gasteiger partial charge in [0, 0.05) is 10.6 Å². The third-order valence-electron chi connectivity index (χ3n) is 3.06. The highest BCUT2D eigenvalue weighted by atomic mass is 35.5. The van der Waals surface area contributed by atoms with Crippen molar-refractivity contribution in [3.05, 3.63) is 70.0 Å². The van der Waals surface area contributed by atoms with Crippen molar-refractivity contribution < 1.29 is 4.39 Å². The quantitative estimate of drug-likeness (QED) is 0.879. The van der Waals surface area contributed by atoms with Gasteiger partial charge in [-0.3, -0.25) is 0 Å². The van der Waals surface area contributed by atoms with Crippen molar-refractivity contribution >= 4 is 11.6 Å². The van der Waals surface area contributed by atoms with Crippen molar-refractivity contribution in [2.24, 2.45) is 0 Å². The van der Waals surface area contributed by atoms with Gasteiger partial charge in [-0.05, 0) is 37.2 Å². The van der Waals surface area contributed by atoms with Gasteiger partial charge in [-0.25, -0.2) is 4.39 Å². The van der Waals surface area contributed by atoms with Gasteiger partial charge in [0.1, 0.15) is 5.82 Å². The molecule has 2 aromatic rings. The minimum absolute atomic E-state index is 0.163. The molecule has 2 aromatic carbocycles. The second kappa shape index (κ2) is 5.51. The number of hydrogen-bond acceptors (Lipinski definition) is 1. The van der Waals surface area contributed by atoms with Crippen molar-refractivity contribution in [2.75, 3.05) is 7.05 Å². The smallest absolute Gasteiger partial charge is 0.129 e. The molecule has 1 atom stereocenters. The van der Waals surface area contributed by atoms with Crippen molar-refractivity contribution in [1.29, 1.82) is 0 Å². The van der Waals surface area contributed by atoms with Gasteiger partial charge in [0.05, 0.1) is 6.04 Å². The summed E-state index contributed by atoms with van der Waals surface area (Å²) in [6.07, 6.45) is 0. The first-order valence-electron chi connectivity index (χ1n) is 5.81. The van der Waals surface area contributed by atoms with E-state index in [2.05, 4.69) is 5.32 Å². The zero-order chi connectivity index (χ0) is 13.1. The number of nitrogens with one attached hydrogen (secondary N) is 1. The second-order valence-corrected chi connectivity index (χ2v) is 4.68. The summed E-state index contributed by atoms with van der Waals surface area (Å²) >= 11 is 5.78. The highest BCUT2D eigenvalue weighted by Gasteiger charge is 2.17. The molecule has 0 saturated heterocycles. The SMILES string of the molecule is CNC(c1ccccc1C)c1ccc(Cl)cc1F. The summed E-state index contributed by atoms with van der Waals surface area (Å²) in [5, 5.41) is 3.57. The molecule has 0 heterocycles. The van der Waals surface area contributed by atoms with Crippen LogP contribution in [0, 0.1) is 12.7 Å². The van der Waals surface area contributed by atoms with Crippen molar-refractivity contribution in [3.8, 4) is 0 Å². The van der Waals surface area contributed by atoms with Crippen LogP contribution >= 0.6 is 11.6 Å². The Labute approximate surface area is 112 Å². The molecule has 0 saturated carbocycles. The molecule has 3 heteroatoms. The summed E-state index contributed by atoms with van der Waals surface area (Å²) in [5.74, 6) is -0.287. The van der Waals surface area contributed by atoms with Crippen LogP contribution in [0.4, 0.5) is 4.39 Å². The maximum Gasteiger partial charge on any atom is 0.129 e. The van der Waals surface area contributed by atoms with Gasteiger partial charge in [0.2, 0.25) is 0 Å². The standard InChI is InChI=1S/C15H15ClFN/c1-10-5-3-4-6-12(10)15(18-2)13-8-7-11(16)9-14(13)17/h3-9,15,18H,1-2H3. The minimum Gasteiger partial charge on any atom is -0.309 e. The van der Waals surface area contributed by atoms with E-state index in [4.69, 9.17) is 11.6 Å². The number of aryl methyl sites for hydroxylation is 1. The number of hydrogen-bond donors (Lipinski definition) is 1. The normalized spacial score (nSPS) is 12.4. The van der Waals surface area contributed by atoms with E-state index < -0.39 is 0 Å². The first-order chi connectivity index (χ1) is 8.63. The van der Waals surface area contributed by atoms with E-state index in [0.29, 0.717) is 10.6 Å². The Hall–Kier alpha value is -1.38. The van der Waals surface area contributed by atoms with Crippen LogP contribution in [0.5, 0.6) is 0 Å². The molecule has 0 radical (unpaired) electrons. The van der Waals surface area contributed by atoms with Gasteiger partial charge >= 0.3 is 0 Å². The average molecular weight is 264 g/mol. The molecule has 0 amide bonds. The molecule has 0 bridgehead atoms. The summed E-state index contributed by atoms with van der Waals surface area (Å²) < 4.78 is 14.0. The minimum atomic E-state index is -0.287. The Kier molecular flexibility index (Phi) is 4.00. The monoisotopic (exact) mass is 263 g/mol. The van der Waals surface area contributed by atoms with E-state index in [0.717, 1.165) is 11.1 Å². The molecule has 2 rings (SSSR count). The first-order valence-corrected chi connectivity index (χ1v) is 6.19. The van der Waals surface area contributed by atoms with Crippen LogP contribution in [0.3, 0.4) is 0 Å². The third-order valence-corrected chi connectivity index (χ3v) is 3.30. The summed E-state index contributed by atoms with van der Waals surface area (Å²) in [6, 6.07) is 12.6. The fourth-order valence-corrected chi connectivity index (χ4v) is 2.28. The van der Waals surface area contributed by atoms with E-state index in [1.54, 1.807) is 12.1 Å². The van der Waals surface area contributed by atoms with Gasteiger partial charge in [-0.1, -0.05) is 41.9 Å². The van der Waals surface area contributed by atoms with E-state index in [1.165, 1.54) is 6.07 Å². The lowest BCUT2D eigenvalue weighted by atomic mass is 9.95. The molecule has 0 spiro atoms. The Morgan fingerprint density at radius 3 is 2.44 bits per heavy atom. The van der Waals surface area contributed by atoms with Crippen LogP contribution in [0.1, 0.15) is 22.7 Å². The Bertz CT molecular complexity index is 554. The fourth-order valence-electron chi connectivity index (χ4n) is 2.12. The molecule has 18 heavy (non-hydrogen) atoms. The van der Waals surface area contributed by atoms with E-state index in [9.17, 15) is 4.39 Å². The molecule has 0 aromatic heterocycles. The summed E-state index contributed by atoms with van der Waals surface area (Å²) in [4.78, 5) is 0. The predicted molar refractivity (Wildman–Crippen MR) is 73.5 cm³/mol. The molecule has 94 valence electrons. The van der Waals surface area contributed by atoms with Crippen LogP contribution in [-0.2, 0) is 0 Å². The maximum atomic E-state index is 14.0. The van der Waals surface area contributed by atoms with Crippen molar-refractivity contribution in [1.82, 2.24) is 5.32 Å². The first kappa shape index (κ1) is 13.1. The molecule has 1 unspecified atom stereocenters. The molecular formula is C15H15ClFN. The molecule has 1 nitrogen and oxygen atoms in total. The van der Waals surface area contributed by atoms with Gasteiger partial charge in [-0.2, -0.15) is 0 Å². The van der Waals surface area contributed by atoms with Gasteiger partial charge in [-0.15, -0.1) is 0 Å². The van der Waals surface area contributed by atoms with Crippen LogP contribution in [-0.4, -0.2) is 7.05 Å². The molecule has 1 N–H and O–H groups in total. The van der Waals surface area contributed by atoms with Gasteiger partial charge in [0.25, 0.3) is 0 Å². The lowest BCUT2D eigenvalue weighted by Gasteiger charge is -2.20. The zero-order valence-electron chi connectivity index (χ0n) is 10.4. The van der Waals surface area contributed by atoms with Gasteiger partial charge < -0.3 is 5.32 Å². The van der Waals surface area contributed by atoms with E-state index >= 15 is 0 Å². The number of benzene rings is 2. The molecular weight excluding hydrogens is 249 g/mol. The molecule has 0 aliphatic carbocycles. The zero-order valence-corrected chi connectivity index (χ0v) is 11.1. The summed E-state index contributed by atoms with van der Waals surface area (Å²) in [7, 11) is 1.82. The van der Waals surface area contributed by atoms with E-state index in [-0.39, 0.29) is 11.9 Å². The Morgan fingerprint density at radius 1 is 1.11 bits per heavy atom. The predicted octanol–water partition coefficient (Wildman–Crippen LogP) is 4.10. The lowest BCUT2D eigenvalue weighted by Crippen LogP contribution is -2.19. The molecule has 0 aliphatic rings. The Morgan fingerprint density at radius 2 is 1.83 bits per heavy atom. The lowest BCUT2D eigenvalue weighted by molar-refractivity contribution is 0.575. The fraction of sp³-hybridized carbons (Fsp3) is 0.200. The van der Waals surface area contributed by atoms with Crippen molar-refractivity contribution in [3.63, 3.8) is 0 Å². The highest BCUT2D eigenvalue weighted by Crippen LogP contribution is 2.27. The largest absolute Gasteiger partial charge is 0.309 e. The third kappa shape index (κ3) is 2.55. The highest BCUT2D eigenvalue weighted by molar-refractivity contribution is 6.30. The van der Waals surface area contributed by atoms with Crippen LogP contribution in [0.25, 0.3) is 0 Å². The molecule has 0 fully saturated rings. The Balaban J connectivity index is 2.49. The van der Waals surface area contributed by atoms with E-state index in [1.807, 2.05) is 38.2 Å². The average Bonchev–Trinajstić information content (AvgIpc) is 2.34. The topological polar surface area (TPSA) is 12.0 Å². The summed E-state index contributed by atoms with van der Waals surface area (Å²) in [5.41, 5.74) is 2.81. The molecule has 0 aliphatic heterocycles. The maximum absolute atomic E-state index is 14.0. The summed E-state index contributed by atoms with van der Waals surface area (Å²) in [6.45, 7) is 2.02. The van der Waals surface area contributed by atoms with Crippen LogP contribution in [0.15, 0.2) is 42.5 Å². The number of rotatable bonds is 3. The van der Waals surface area contributed by atoms with Crippen molar-refractivity contribution in [2.45, 2.75) is 13.0 Å². The van der Waals surface area contributed by atoms with Gasteiger partial charge in [0.15, 0.2) is 0 Å². The number of halogens is 2. The van der Waals surface area contributed by atoms with Crippen LogP contribution in [0.2, 0.25) is 5.02 Å². The second-order valence-electron chi connectivity index (χ2n) is 4.24. The van der Waals surface area contributed by atoms with Crippen LogP contribution < -0.4 is 5.32 Å².